The van der Waals surface area contributed by atoms with E-state index in [0.29, 0.717) is 12.1 Å². The molecule has 1 heterocycles. The largest absolute Gasteiger partial charge is 0.377 e. The molecule has 1 aliphatic rings. The van der Waals surface area contributed by atoms with E-state index in [4.69, 9.17) is 16.3 Å². The molecule has 118 valence electrons. The molecule has 1 fully saturated rings. The van der Waals surface area contributed by atoms with Crippen LogP contribution < -0.4 is 5.32 Å². The summed E-state index contributed by atoms with van der Waals surface area (Å²) in [5, 5.41) is 4.19. The van der Waals surface area contributed by atoms with Crippen molar-refractivity contribution in [3.05, 3.63) is 34.9 Å². The lowest BCUT2D eigenvalue weighted by Gasteiger charge is -2.28. The molecule has 1 saturated heterocycles. The average Bonchev–Trinajstić information content (AvgIpc) is 2.49. The van der Waals surface area contributed by atoms with Crippen molar-refractivity contribution in [1.82, 2.24) is 10.2 Å². The normalized spacial score (nSPS) is 20.7. The maximum absolute atomic E-state index is 6.08. The third kappa shape index (κ3) is 5.59. The third-order valence-corrected chi connectivity index (χ3v) is 4.42. The zero-order valence-corrected chi connectivity index (χ0v) is 13.9. The van der Waals surface area contributed by atoms with Crippen LogP contribution in [0, 0.1) is 0 Å². The second-order valence-electron chi connectivity index (χ2n) is 5.94. The number of nitrogens with zero attached hydrogens (tertiary/aromatic N) is 1. The van der Waals surface area contributed by atoms with E-state index in [2.05, 4.69) is 23.3 Å². The number of likely N-dealkylation sites (N-methyl/N-ethyl adjacent to an activating group) is 1. The van der Waals surface area contributed by atoms with E-state index in [-0.39, 0.29) is 0 Å². The molecular weight excluding hydrogens is 284 g/mol. The van der Waals surface area contributed by atoms with Gasteiger partial charge in [-0.3, -0.25) is 0 Å². The summed E-state index contributed by atoms with van der Waals surface area (Å²) in [6.45, 7) is 3.02. The Balaban J connectivity index is 1.79. The molecule has 1 N–H and O–H groups in total. The molecule has 0 spiro atoms. The molecule has 0 amide bonds. The number of benzene rings is 1. The maximum atomic E-state index is 6.08. The Morgan fingerprint density at radius 3 is 2.95 bits per heavy atom. The topological polar surface area (TPSA) is 24.5 Å². The first-order chi connectivity index (χ1) is 10.2. The minimum Gasteiger partial charge on any atom is -0.377 e. The highest BCUT2D eigenvalue weighted by atomic mass is 35.5. The van der Waals surface area contributed by atoms with Crippen LogP contribution >= 0.6 is 11.6 Å². The molecule has 2 atom stereocenters. The Hall–Kier alpha value is -0.610. The van der Waals surface area contributed by atoms with Crippen LogP contribution in [-0.2, 0) is 4.74 Å². The smallest absolute Gasteiger partial charge is 0.0701 e. The Labute approximate surface area is 133 Å². The number of hydrogen-bond donors (Lipinski definition) is 1. The highest BCUT2D eigenvalue weighted by Gasteiger charge is 2.17. The van der Waals surface area contributed by atoms with E-state index in [1.807, 2.05) is 25.2 Å². The molecule has 0 bridgehead atoms. The van der Waals surface area contributed by atoms with Crippen LogP contribution in [0.4, 0.5) is 0 Å². The quantitative estimate of drug-likeness (QED) is 0.834. The molecule has 1 aromatic rings. The van der Waals surface area contributed by atoms with Gasteiger partial charge in [0.25, 0.3) is 0 Å². The molecule has 2 unspecified atom stereocenters. The van der Waals surface area contributed by atoms with E-state index in [1.54, 1.807) is 0 Å². The molecule has 1 aliphatic heterocycles. The summed E-state index contributed by atoms with van der Waals surface area (Å²) < 4.78 is 5.81. The van der Waals surface area contributed by atoms with Crippen molar-refractivity contribution in [1.29, 1.82) is 0 Å². The summed E-state index contributed by atoms with van der Waals surface area (Å²) in [5.41, 5.74) is 1.26. The van der Waals surface area contributed by atoms with Gasteiger partial charge < -0.3 is 15.0 Å². The summed E-state index contributed by atoms with van der Waals surface area (Å²) >= 11 is 6.08. The molecule has 0 aliphatic carbocycles. The molecule has 2 rings (SSSR count). The van der Waals surface area contributed by atoms with Crippen LogP contribution in [0.5, 0.6) is 0 Å². The highest BCUT2D eigenvalue weighted by molar-refractivity contribution is 6.30. The van der Waals surface area contributed by atoms with Gasteiger partial charge in [-0.25, -0.2) is 0 Å². The lowest BCUT2D eigenvalue weighted by molar-refractivity contribution is -0.00184. The number of ether oxygens (including phenoxy) is 1. The standard InChI is InChI=1S/C17H27ClN2O/c1-19-17(14-6-5-7-15(18)12-14)9-10-20(2)13-16-8-3-4-11-21-16/h5-7,12,16-17,19H,3-4,8-11,13H2,1-2H3. The Morgan fingerprint density at radius 2 is 2.29 bits per heavy atom. The molecule has 0 saturated carbocycles. The number of rotatable bonds is 7. The van der Waals surface area contributed by atoms with Crippen LogP contribution in [0.3, 0.4) is 0 Å². The zero-order chi connectivity index (χ0) is 15.1. The van der Waals surface area contributed by atoms with E-state index in [1.165, 1.54) is 24.8 Å². The monoisotopic (exact) mass is 310 g/mol. The van der Waals surface area contributed by atoms with Crippen molar-refractivity contribution in [3.8, 4) is 0 Å². The van der Waals surface area contributed by atoms with Crippen LogP contribution in [0.1, 0.15) is 37.3 Å². The highest BCUT2D eigenvalue weighted by Crippen LogP contribution is 2.21. The fourth-order valence-corrected chi connectivity index (χ4v) is 3.14. The lowest BCUT2D eigenvalue weighted by Crippen LogP contribution is -2.35. The van der Waals surface area contributed by atoms with Crippen LogP contribution in [0.25, 0.3) is 0 Å². The van der Waals surface area contributed by atoms with Gasteiger partial charge in [-0.2, -0.15) is 0 Å². The van der Waals surface area contributed by atoms with Gasteiger partial charge in [-0.15, -0.1) is 0 Å². The Bertz CT molecular complexity index is 421. The summed E-state index contributed by atoms with van der Waals surface area (Å²) in [4.78, 5) is 2.38. The van der Waals surface area contributed by atoms with Crippen molar-refractivity contribution in [2.24, 2.45) is 0 Å². The summed E-state index contributed by atoms with van der Waals surface area (Å²) in [5.74, 6) is 0. The molecule has 0 aromatic heterocycles. The number of halogens is 1. The van der Waals surface area contributed by atoms with Crippen molar-refractivity contribution in [3.63, 3.8) is 0 Å². The van der Waals surface area contributed by atoms with Gasteiger partial charge >= 0.3 is 0 Å². The van der Waals surface area contributed by atoms with Gasteiger partial charge in [0.1, 0.15) is 0 Å². The van der Waals surface area contributed by atoms with Crippen molar-refractivity contribution < 1.29 is 4.74 Å². The minimum atomic E-state index is 0.346. The van der Waals surface area contributed by atoms with Crippen LogP contribution in [0.15, 0.2) is 24.3 Å². The minimum absolute atomic E-state index is 0.346. The first-order valence-electron chi connectivity index (χ1n) is 7.92. The Morgan fingerprint density at radius 1 is 1.43 bits per heavy atom. The van der Waals surface area contributed by atoms with E-state index in [0.717, 1.165) is 31.1 Å². The van der Waals surface area contributed by atoms with Crippen LogP contribution in [-0.4, -0.2) is 44.8 Å². The summed E-state index contributed by atoms with van der Waals surface area (Å²) in [6, 6.07) is 8.47. The van der Waals surface area contributed by atoms with Crippen molar-refractivity contribution >= 4 is 11.6 Å². The Kier molecular flexibility index (Phi) is 6.97. The average molecular weight is 311 g/mol. The predicted molar refractivity (Wildman–Crippen MR) is 89.0 cm³/mol. The zero-order valence-electron chi connectivity index (χ0n) is 13.1. The molecule has 3 nitrogen and oxygen atoms in total. The summed E-state index contributed by atoms with van der Waals surface area (Å²) in [6.07, 6.45) is 5.22. The first-order valence-corrected chi connectivity index (χ1v) is 8.29. The van der Waals surface area contributed by atoms with Gasteiger partial charge in [0.2, 0.25) is 0 Å². The van der Waals surface area contributed by atoms with E-state index >= 15 is 0 Å². The van der Waals surface area contributed by atoms with Gasteiger partial charge in [0.05, 0.1) is 6.10 Å². The second kappa shape index (κ2) is 8.74. The lowest BCUT2D eigenvalue weighted by atomic mass is 10.0. The predicted octanol–water partition coefficient (Wildman–Crippen LogP) is 3.49. The van der Waals surface area contributed by atoms with Crippen molar-refractivity contribution in [2.45, 2.75) is 37.8 Å². The molecule has 1 aromatic carbocycles. The maximum Gasteiger partial charge on any atom is 0.0701 e. The van der Waals surface area contributed by atoms with E-state index < -0.39 is 0 Å². The first kappa shape index (κ1) is 16.8. The molecular formula is C17H27ClN2O. The van der Waals surface area contributed by atoms with Gasteiger partial charge in [0, 0.05) is 24.2 Å². The van der Waals surface area contributed by atoms with Gasteiger partial charge in [-0.05, 0) is 64.0 Å². The third-order valence-electron chi connectivity index (χ3n) is 4.19. The van der Waals surface area contributed by atoms with Crippen LogP contribution in [0.2, 0.25) is 5.02 Å². The molecule has 0 radical (unpaired) electrons. The molecule has 4 heteroatoms. The summed E-state index contributed by atoms with van der Waals surface area (Å²) in [7, 11) is 4.19. The van der Waals surface area contributed by atoms with Gasteiger partial charge in [-0.1, -0.05) is 23.7 Å². The number of nitrogens with one attached hydrogen (secondary N) is 1. The fourth-order valence-electron chi connectivity index (χ4n) is 2.94. The number of hydrogen-bond acceptors (Lipinski definition) is 3. The van der Waals surface area contributed by atoms with E-state index in [9.17, 15) is 0 Å². The van der Waals surface area contributed by atoms with Gasteiger partial charge in [0.15, 0.2) is 0 Å². The second-order valence-corrected chi connectivity index (χ2v) is 6.37. The SMILES string of the molecule is CNC(CCN(C)CC1CCCCO1)c1cccc(Cl)c1. The fraction of sp³-hybridized carbons (Fsp3) is 0.647. The molecule has 21 heavy (non-hydrogen) atoms. The van der Waals surface area contributed by atoms with Crippen molar-refractivity contribution in [2.75, 3.05) is 33.8 Å².